The van der Waals surface area contributed by atoms with E-state index in [1.54, 1.807) is 6.26 Å². The maximum atomic E-state index is 10.4. The molecule has 5 nitrogen and oxygen atoms in total. The van der Waals surface area contributed by atoms with E-state index in [4.69, 9.17) is 10.2 Å². The number of hydrogen-bond donors (Lipinski definition) is 3. The van der Waals surface area contributed by atoms with Crippen LogP contribution in [0.5, 0.6) is 11.5 Å². The summed E-state index contributed by atoms with van der Waals surface area (Å²) in [4.78, 5) is 14.2. The van der Waals surface area contributed by atoms with Crippen LogP contribution in [0.25, 0.3) is 0 Å². The van der Waals surface area contributed by atoms with Gasteiger partial charge in [-0.3, -0.25) is 9.79 Å². The molecule has 0 unspecified atom stereocenters. The highest BCUT2D eigenvalue weighted by atomic mass is 32.2. The number of carbonyl (C=O) groups is 1. The van der Waals surface area contributed by atoms with Crippen molar-refractivity contribution < 1.29 is 20.1 Å². The summed E-state index contributed by atoms with van der Waals surface area (Å²) in [7, 11) is 0. The van der Waals surface area contributed by atoms with E-state index in [2.05, 4.69) is 4.99 Å². The largest absolute Gasteiger partial charge is 0.508 e. The molecule has 0 aromatic heterocycles. The molecule has 1 aromatic carbocycles. The summed E-state index contributed by atoms with van der Waals surface area (Å²) in [5, 5.41) is 27.6. The highest BCUT2D eigenvalue weighted by molar-refractivity contribution is 8.13. The maximum Gasteiger partial charge on any atom is 0.325 e. The normalized spacial score (nSPS) is 11.4. The minimum atomic E-state index is -1.04. The van der Waals surface area contributed by atoms with E-state index >= 15 is 0 Å². The van der Waals surface area contributed by atoms with Gasteiger partial charge in [-0.1, -0.05) is 0 Å². The Kier molecular flexibility index (Phi) is 4.19. The van der Waals surface area contributed by atoms with Crippen LogP contribution in [0.1, 0.15) is 5.56 Å². The first-order valence-corrected chi connectivity index (χ1v) is 5.59. The molecule has 1 aromatic rings. The van der Waals surface area contributed by atoms with Gasteiger partial charge in [0.25, 0.3) is 0 Å². The lowest BCUT2D eigenvalue weighted by Gasteiger charge is -2.05. The van der Waals surface area contributed by atoms with Gasteiger partial charge in [-0.2, -0.15) is 0 Å². The van der Waals surface area contributed by atoms with Gasteiger partial charge in [0, 0.05) is 11.6 Å². The number of phenolic OH excluding ortho intramolecular Hbond substituents is 2. The van der Waals surface area contributed by atoms with Gasteiger partial charge in [-0.05, 0) is 18.4 Å². The first-order valence-electron chi connectivity index (χ1n) is 4.37. The van der Waals surface area contributed by atoms with Crippen LogP contribution in [0.3, 0.4) is 0 Å². The zero-order chi connectivity index (χ0) is 12.1. The minimum Gasteiger partial charge on any atom is -0.508 e. The Hall–Kier alpha value is -1.69. The molecule has 0 aliphatic heterocycles. The third-order valence-electron chi connectivity index (χ3n) is 1.76. The molecule has 6 heteroatoms. The lowest BCUT2D eigenvalue weighted by molar-refractivity contribution is -0.135. The summed E-state index contributed by atoms with van der Waals surface area (Å²) in [6.07, 6.45) is 1.73. The molecular formula is C10H11NO4S. The monoisotopic (exact) mass is 241 g/mol. The Morgan fingerprint density at radius 1 is 1.44 bits per heavy atom. The van der Waals surface area contributed by atoms with Crippen LogP contribution >= 0.6 is 11.8 Å². The summed E-state index contributed by atoms with van der Waals surface area (Å²) >= 11 is 1.23. The van der Waals surface area contributed by atoms with E-state index in [0.717, 1.165) is 0 Å². The Morgan fingerprint density at radius 2 is 2.12 bits per heavy atom. The molecular weight excluding hydrogens is 230 g/mol. The first-order chi connectivity index (χ1) is 7.54. The molecule has 0 heterocycles. The number of aliphatic carboxylic acids is 1. The average molecular weight is 241 g/mol. The number of nitrogens with zero attached hydrogens (tertiary/aromatic N) is 1. The number of hydrogen-bond acceptors (Lipinski definition) is 5. The number of aliphatic imine (C=N–C) groups is 1. The van der Waals surface area contributed by atoms with Crippen molar-refractivity contribution in [1.29, 1.82) is 0 Å². The molecule has 0 spiro atoms. The van der Waals surface area contributed by atoms with Gasteiger partial charge < -0.3 is 15.3 Å². The molecule has 86 valence electrons. The molecule has 0 saturated carbocycles. The number of benzene rings is 1. The number of rotatable bonds is 3. The summed E-state index contributed by atoms with van der Waals surface area (Å²) in [6, 6.07) is 4.07. The van der Waals surface area contributed by atoms with Crippen LogP contribution in [-0.2, 0) is 4.79 Å². The lowest BCUT2D eigenvalue weighted by atomic mass is 10.2. The van der Waals surface area contributed by atoms with Gasteiger partial charge in [-0.25, -0.2) is 0 Å². The third kappa shape index (κ3) is 3.16. The number of carboxylic acid groups (broad SMARTS) is 1. The van der Waals surface area contributed by atoms with Gasteiger partial charge in [0.1, 0.15) is 23.1 Å². The fraction of sp³-hybridized carbons (Fsp3) is 0.200. The topological polar surface area (TPSA) is 90.1 Å². The smallest absolute Gasteiger partial charge is 0.325 e. The summed E-state index contributed by atoms with van der Waals surface area (Å²) < 4.78 is 0. The molecule has 0 aliphatic rings. The molecule has 0 bridgehead atoms. The van der Waals surface area contributed by atoms with Crippen LogP contribution in [0.2, 0.25) is 0 Å². The fourth-order valence-electron chi connectivity index (χ4n) is 1.10. The molecule has 0 amide bonds. The standard InChI is InChI=1S/C10H11NO4S/c1-16-10(11-5-9(14)15)7-3-2-6(12)4-8(7)13/h2-4,12-13H,5H2,1H3,(H,14,15). The Balaban J connectivity index is 3.04. The fourth-order valence-corrected chi connectivity index (χ4v) is 1.69. The van der Waals surface area contributed by atoms with Gasteiger partial charge in [0.15, 0.2) is 0 Å². The molecule has 3 N–H and O–H groups in total. The quantitative estimate of drug-likeness (QED) is 0.548. The van der Waals surface area contributed by atoms with Crippen molar-refractivity contribution >= 4 is 22.8 Å². The first kappa shape index (κ1) is 12.4. The van der Waals surface area contributed by atoms with Crippen molar-refractivity contribution in [3.05, 3.63) is 23.8 Å². The van der Waals surface area contributed by atoms with Crippen molar-refractivity contribution in [2.24, 2.45) is 4.99 Å². The number of thioether (sulfide) groups is 1. The highest BCUT2D eigenvalue weighted by Gasteiger charge is 2.09. The van der Waals surface area contributed by atoms with Crippen LogP contribution in [0.4, 0.5) is 0 Å². The van der Waals surface area contributed by atoms with E-state index < -0.39 is 5.97 Å². The summed E-state index contributed by atoms with van der Waals surface area (Å²) in [5.41, 5.74) is 0.409. The summed E-state index contributed by atoms with van der Waals surface area (Å²) in [5.74, 6) is -1.22. The van der Waals surface area contributed by atoms with Gasteiger partial charge in [0.05, 0.1) is 0 Å². The molecule has 0 radical (unpaired) electrons. The van der Waals surface area contributed by atoms with Gasteiger partial charge in [0.2, 0.25) is 0 Å². The van der Waals surface area contributed by atoms with Gasteiger partial charge in [-0.15, -0.1) is 11.8 Å². The Morgan fingerprint density at radius 3 is 2.62 bits per heavy atom. The van der Waals surface area contributed by atoms with Crippen molar-refractivity contribution in [1.82, 2.24) is 0 Å². The summed E-state index contributed by atoms with van der Waals surface area (Å²) in [6.45, 7) is -0.351. The lowest BCUT2D eigenvalue weighted by Crippen LogP contribution is -2.04. The average Bonchev–Trinajstić information content (AvgIpc) is 2.21. The van der Waals surface area contributed by atoms with Crippen LogP contribution < -0.4 is 0 Å². The van der Waals surface area contributed by atoms with Crippen molar-refractivity contribution in [2.45, 2.75) is 0 Å². The third-order valence-corrected chi connectivity index (χ3v) is 2.50. The molecule has 1 rings (SSSR count). The van der Waals surface area contributed by atoms with Crippen molar-refractivity contribution in [3.63, 3.8) is 0 Å². The minimum absolute atomic E-state index is 0.0556. The second-order valence-electron chi connectivity index (χ2n) is 2.92. The molecule has 0 fully saturated rings. The Labute approximate surface area is 96.5 Å². The number of aromatic hydroxyl groups is 2. The predicted molar refractivity (Wildman–Crippen MR) is 62.3 cm³/mol. The van der Waals surface area contributed by atoms with E-state index in [0.29, 0.717) is 10.6 Å². The van der Waals surface area contributed by atoms with Crippen molar-refractivity contribution in [3.8, 4) is 11.5 Å². The van der Waals surface area contributed by atoms with E-state index in [1.165, 1.54) is 30.0 Å². The molecule has 0 saturated heterocycles. The SMILES string of the molecule is CSC(=NCC(=O)O)c1ccc(O)cc1O. The molecule has 16 heavy (non-hydrogen) atoms. The zero-order valence-corrected chi connectivity index (χ0v) is 9.36. The molecule has 0 aliphatic carbocycles. The van der Waals surface area contributed by atoms with Crippen LogP contribution in [-0.4, -0.2) is 39.1 Å². The zero-order valence-electron chi connectivity index (χ0n) is 8.54. The maximum absolute atomic E-state index is 10.4. The molecule has 0 atom stereocenters. The highest BCUT2D eigenvalue weighted by Crippen LogP contribution is 2.26. The number of phenols is 2. The van der Waals surface area contributed by atoms with Crippen LogP contribution in [0.15, 0.2) is 23.2 Å². The number of carboxylic acids is 1. The van der Waals surface area contributed by atoms with E-state index in [9.17, 15) is 9.90 Å². The van der Waals surface area contributed by atoms with E-state index in [1.807, 2.05) is 0 Å². The van der Waals surface area contributed by atoms with E-state index in [-0.39, 0.29) is 18.0 Å². The van der Waals surface area contributed by atoms with Gasteiger partial charge >= 0.3 is 5.97 Å². The second kappa shape index (κ2) is 5.41. The van der Waals surface area contributed by atoms with Crippen LogP contribution in [0, 0.1) is 0 Å². The second-order valence-corrected chi connectivity index (χ2v) is 3.72. The van der Waals surface area contributed by atoms with Crippen molar-refractivity contribution in [2.75, 3.05) is 12.8 Å². The predicted octanol–water partition coefficient (Wildman–Crippen LogP) is 1.29. The Bertz CT molecular complexity index is 431.